The van der Waals surface area contributed by atoms with E-state index in [1.165, 1.54) is 32.1 Å². The molecule has 2 heteroatoms. The predicted molar refractivity (Wildman–Crippen MR) is 106 cm³/mol. The summed E-state index contributed by atoms with van der Waals surface area (Å²) in [6.45, 7) is 5.79. The summed E-state index contributed by atoms with van der Waals surface area (Å²) >= 11 is 0. The van der Waals surface area contributed by atoms with Crippen LogP contribution in [0.2, 0.25) is 12.1 Å². The summed E-state index contributed by atoms with van der Waals surface area (Å²) in [5, 5.41) is 3.10. The van der Waals surface area contributed by atoms with Crippen molar-refractivity contribution in [3.63, 3.8) is 0 Å². The van der Waals surface area contributed by atoms with Crippen LogP contribution < -0.4 is 10.4 Å². The summed E-state index contributed by atoms with van der Waals surface area (Å²) in [5.41, 5.74) is 0.669. The SMILES string of the molecule is CCCC[C@@H]1OCCC[C@H]1[Si](C)(c1ccccc1)c1ccccc1. The Balaban J connectivity index is 2.03. The summed E-state index contributed by atoms with van der Waals surface area (Å²) in [4.78, 5) is 0. The summed E-state index contributed by atoms with van der Waals surface area (Å²) in [5.74, 6) is 0. The normalized spacial score (nSPS) is 21.6. The number of ether oxygens (including phenoxy) is 1. The summed E-state index contributed by atoms with van der Waals surface area (Å²) in [6.07, 6.45) is 6.67. The van der Waals surface area contributed by atoms with E-state index in [4.69, 9.17) is 4.74 Å². The molecule has 1 aliphatic rings. The standard InChI is InChI=1S/C22H30OSi/c1-3-4-16-21-22(17-11-18-23-21)24(2,19-12-7-5-8-13-19)20-14-9-6-10-15-20/h5-10,12-15,21-22H,3-4,11,16-18H2,1-2H3/t21-,22+/m0/s1. The highest BCUT2D eigenvalue weighted by atomic mass is 28.3. The molecule has 3 rings (SSSR count). The van der Waals surface area contributed by atoms with Crippen molar-refractivity contribution in [3.8, 4) is 0 Å². The van der Waals surface area contributed by atoms with Gasteiger partial charge >= 0.3 is 0 Å². The van der Waals surface area contributed by atoms with Crippen molar-refractivity contribution in [2.24, 2.45) is 0 Å². The number of unbranched alkanes of at least 4 members (excludes halogenated alkanes) is 1. The van der Waals surface area contributed by atoms with Crippen molar-refractivity contribution in [2.75, 3.05) is 6.61 Å². The monoisotopic (exact) mass is 338 g/mol. The van der Waals surface area contributed by atoms with E-state index in [1.807, 2.05) is 0 Å². The first kappa shape index (κ1) is 17.4. The second-order valence-electron chi connectivity index (χ2n) is 7.23. The minimum absolute atomic E-state index is 0.427. The van der Waals surface area contributed by atoms with Crippen LogP contribution in [0, 0.1) is 0 Å². The van der Waals surface area contributed by atoms with Crippen LogP contribution in [0.15, 0.2) is 60.7 Å². The molecule has 0 N–H and O–H groups in total. The van der Waals surface area contributed by atoms with Gasteiger partial charge in [0, 0.05) is 6.61 Å². The Kier molecular flexibility index (Phi) is 5.91. The molecule has 0 aliphatic carbocycles. The van der Waals surface area contributed by atoms with E-state index in [2.05, 4.69) is 74.1 Å². The van der Waals surface area contributed by atoms with Crippen molar-refractivity contribution in [2.45, 2.75) is 57.2 Å². The minimum atomic E-state index is -1.84. The highest BCUT2D eigenvalue weighted by Crippen LogP contribution is 2.37. The molecule has 0 amide bonds. The van der Waals surface area contributed by atoms with E-state index in [1.54, 1.807) is 10.4 Å². The summed E-state index contributed by atoms with van der Waals surface area (Å²) in [7, 11) is -1.84. The molecule has 2 aromatic rings. The average Bonchev–Trinajstić information content (AvgIpc) is 2.67. The van der Waals surface area contributed by atoms with Crippen LogP contribution >= 0.6 is 0 Å². The van der Waals surface area contributed by atoms with Crippen LogP contribution in [0.4, 0.5) is 0 Å². The smallest absolute Gasteiger partial charge is 0.120 e. The number of benzene rings is 2. The molecule has 2 atom stereocenters. The Hall–Kier alpha value is -1.38. The zero-order valence-corrected chi connectivity index (χ0v) is 16.1. The van der Waals surface area contributed by atoms with Gasteiger partial charge in [-0.2, -0.15) is 0 Å². The first-order chi connectivity index (χ1) is 11.8. The molecule has 1 fully saturated rings. The molecule has 1 nitrogen and oxygen atoms in total. The highest BCUT2D eigenvalue weighted by Gasteiger charge is 2.45. The van der Waals surface area contributed by atoms with Crippen LogP contribution in [0.3, 0.4) is 0 Å². The van der Waals surface area contributed by atoms with E-state index in [9.17, 15) is 0 Å². The maximum absolute atomic E-state index is 6.32. The first-order valence-corrected chi connectivity index (χ1v) is 12.1. The molecular formula is C22H30OSi. The maximum atomic E-state index is 6.32. The molecule has 2 aromatic carbocycles. The van der Waals surface area contributed by atoms with Gasteiger partial charge in [-0.05, 0) is 24.8 Å². The fourth-order valence-corrected chi connectivity index (χ4v) is 9.10. The van der Waals surface area contributed by atoms with Gasteiger partial charge in [0.15, 0.2) is 0 Å². The van der Waals surface area contributed by atoms with Crippen molar-refractivity contribution >= 4 is 18.4 Å². The molecule has 0 saturated carbocycles. The van der Waals surface area contributed by atoms with Crippen LogP contribution in [-0.4, -0.2) is 20.8 Å². The van der Waals surface area contributed by atoms with E-state index in [0.717, 1.165) is 6.61 Å². The minimum Gasteiger partial charge on any atom is -0.378 e. The lowest BCUT2D eigenvalue weighted by atomic mass is 10.0. The zero-order valence-electron chi connectivity index (χ0n) is 15.1. The molecule has 1 saturated heterocycles. The number of hydrogen-bond acceptors (Lipinski definition) is 1. The third kappa shape index (κ3) is 3.50. The van der Waals surface area contributed by atoms with Crippen LogP contribution in [0.25, 0.3) is 0 Å². The molecule has 0 unspecified atom stereocenters. The molecular weight excluding hydrogens is 308 g/mol. The summed E-state index contributed by atoms with van der Waals surface area (Å²) < 4.78 is 6.32. The van der Waals surface area contributed by atoms with Gasteiger partial charge in [0.1, 0.15) is 8.07 Å². The third-order valence-electron chi connectivity index (χ3n) is 5.77. The molecule has 1 aliphatic heterocycles. The van der Waals surface area contributed by atoms with Gasteiger partial charge in [0.25, 0.3) is 0 Å². The summed E-state index contributed by atoms with van der Waals surface area (Å²) in [6, 6.07) is 22.5. The van der Waals surface area contributed by atoms with Crippen molar-refractivity contribution in [1.29, 1.82) is 0 Å². The molecule has 0 spiro atoms. The van der Waals surface area contributed by atoms with Crippen molar-refractivity contribution in [3.05, 3.63) is 60.7 Å². The van der Waals surface area contributed by atoms with Crippen molar-refractivity contribution in [1.82, 2.24) is 0 Å². The van der Waals surface area contributed by atoms with Crippen LogP contribution in [0.5, 0.6) is 0 Å². The lowest BCUT2D eigenvalue weighted by Crippen LogP contribution is -2.62. The number of rotatable bonds is 6. The Morgan fingerprint density at radius 3 is 2.08 bits per heavy atom. The fourth-order valence-electron chi connectivity index (χ4n) is 4.35. The van der Waals surface area contributed by atoms with Gasteiger partial charge in [-0.15, -0.1) is 0 Å². The lowest BCUT2D eigenvalue weighted by molar-refractivity contribution is 0.00900. The van der Waals surface area contributed by atoms with Gasteiger partial charge in [-0.3, -0.25) is 0 Å². The molecule has 1 heterocycles. The molecule has 0 aromatic heterocycles. The Labute approximate surface area is 148 Å². The number of hydrogen-bond donors (Lipinski definition) is 0. The molecule has 0 radical (unpaired) electrons. The topological polar surface area (TPSA) is 9.23 Å². The van der Waals surface area contributed by atoms with Crippen LogP contribution in [0.1, 0.15) is 39.0 Å². The van der Waals surface area contributed by atoms with Crippen molar-refractivity contribution < 1.29 is 4.74 Å². The average molecular weight is 339 g/mol. The van der Waals surface area contributed by atoms with Gasteiger partial charge in [-0.1, -0.05) is 97.3 Å². The Bertz CT molecular complexity index is 571. The maximum Gasteiger partial charge on any atom is 0.120 e. The third-order valence-corrected chi connectivity index (χ3v) is 11.0. The quantitative estimate of drug-likeness (QED) is 0.698. The van der Waals surface area contributed by atoms with E-state index >= 15 is 0 Å². The van der Waals surface area contributed by atoms with E-state index < -0.39 is 8.07 Å². The zero-order chi connectivity index (χ0) is 16.8. The fraction of sp³-hybridized carbons (Fsp3) is 0.455. The first-order valence-electron chi connectivity index (χ1n) is 9.49. The highest BCUT2D eigenvalue weighted by molar-refractivity contribution is 7.02. The second-order valence-corrected chi connectivity index (χ2v) is 11.5. The molecule has 128 valence electrons. The van der Waals surface area contributed by atoms with Crippen LogP contribution in [-0.2, 0) is 4.74 Å². The Morgan fingerprint density at radius 2 is 1.54 bits per heavy atom. The predicted octanol–water partition coefficient (Wildman–Crippen LogP) is 4.62. The van der Waals surface area contributed by atoms with Gasteiger partial charge < -0.3 is 4.74 Å². The van der Waals surface area contributed by atoms with Gasteiger partial charge in [0.2, 0.25) is 0 Å². The Morgan fingerprint density at radius 1 is 0.958 bits per heavy atom. The molecule has 0 bridgehead atoms. The van der Waals surface area contributed by atoms with E-state index in [-0.39, 0.29) is 0 Å². The lowest BCUT2D eigenvalue weighted by Gasteiger charge is -2.44. The van der Waals surface area contributed by atoms with E-state index in [0.29, 0.717) is 11.6 Å². The molecule has 24 heavy (non-hydrogen) atoms. The second kappa shape index (κ2) is 8.13. The van der Waals surface area contributed by atoms with Gasteiger partial charge in [0.05, 0.1) is 6.10 Å². The van der Waals surface area contributed by atoms with Gasteiger partial charge in [-0.25, -0.2) is 0 Å². The largest absolute Gasteiger partial charge is 0.378 e.